The number of carboxylic acids is 1. The molecule has 0 aliphatic heterocycles. The smallest absolute Gasteiger partial charge is 0.341 e. The fourth-order valence-corrected chi connectivity index (χ4v) is 2.56. The van der Waals surface area contributed by atoms with Gasteiger partial charge >= 0.3 is 11.7 Å². The van der Waals surface area contributed by atoms with E-state index in [-0.39, 0.29) is 5.92 Å². The van der Waals surface area contributed by atoms with Crippen molar-refractivity contribution in [3.8, 4) is 0 Å². The van der Waals surface area contributed by atoms with Crippen molar-refractivity contribution in [1.29, 1.82) is 0 Å². The van der Waals surface area contributed by atoms with E-state index in [1.54, 1.807) is 0 Å². The molecular formula is C13H16F2O4S. The highest BCUT2D eigenvalue weighted by Crippen LogP contribution is 2.26. The number of aliphatic carboxylic acids is 1. The van der Waals surface area contributed by atoms with Gasteiger partial charge in [-0.1, -0.05) is 26.0 Å². The van der Waals surface area contributed by atoms with Gasteiger partial charge in [-0.15, -0.1) is 0 Å². The zero-order valence-electron chi connectivity index (χ0n) is 11.1. The summed E-state index contributed by atoms with van der Waals surface area (Å²) in [5.74, 6) is -5.15. The zero-order chi connectivity index (χ0) is 15.5. The maximum absolute atomic E-state index is 12.4. The molecule has 0 aromatic heterocycles. The van der Waals surface area contributed by atoms with Crippen LogP contribution in [-0.2, 0) is 14.6 Å². The largest absolute Gasteiger partial charge is 0.481 e. The SMILES string of the molecule is CC(C)CC(C(=O)O)c1ccc(S(=O)(=O)C(F)F)cc1. The van der Waals surface area contributed by atoms with Crippen LogP contribution in [0.3, 0.4) is 0 Å². The van der Waals surface area contributed by atoms with Crippen molar-refractivity contribution in [2.24, 2.45) is 5.92 Å². The molecule has 1 aromatic rings. The molecule has 0 bridgehead atoms. The van der Waals surface area contributed by atoms with Gasteiger partial charge < -0.3 is 5.11 Å². The molecule has 20 heavy (non-hydrogen) atoms. The number of hydrogen-bond acceptors (Lipinski definition) is 3. The van der Waals surface area contributed by atoms with Gasteiger partial charge in [0.2, 0.25) is 9.84 Å². The van der Waals surface area contributed by atoms with Gasteiger partial charge in [-0.2, -0.15) is 8.78 Å². The first kappa shape index (κ1) is 16.6. The van der Waals surface area contributed by atoms with E-state index in [0.29, 0.717) is 12.0 Å². The number of carbonyl (C=O) groups is 1. The van der Waals surface area contributed by atoms with E-state index in [1.165, 1.54) is 12.1 Å². The van der Waals surface area contributed by atoms with Gasteiger partial charge in [-0.25, -0.2) is 8.42 Å². The topological polar surface area (TPSA) is 71.4 Å². The Labute approximate surface area is 116 Å². The molecule has 0 amide bonds. The number of sulfone groups is 1. The van der Waals surface area contributed by atoms with Crippen LogP contribution in [0.2, 0.25) is 0 Å². The second-order valence-electron chi connectivity index (χ2n) is 4.90. The lowest BCUT2D eigenvalue weighted by atomic mass is 9.90. The molecule has 1 aromatic carbocycles. The predicted octanol–water partition coefficient (Wildman–Crippen LogP) is 2.90. The maximum Gasteiger partial charge on any atom is 0.341 e. The molecule has 1 atom stereocenters. The molecule has 0 saturated heterocycles. The quantitative estimate of drug-likeness (QED) is 0.877. The summed E-state index contributed by atoms with van der Waals surface area (Å²) in [6.07, 6.45) is 0.385. The molecule has 0 saturated carbocycles. The standard InChI is InChI=1S/C13H16F2O4S/c1-8(2)7-11(12(16)17)9-3-5-10(6-4-9)20(18,19)13(14)15/h3-6,8,11,13H,7H2,1-2H3,(H,16,17). The second kappa shape index (κ2) is 6.30. The Balaban J connectivity index is 3.09. The Morgan fingerprint density at radius 2 is 1.70 bits per heavy atom. The van der Waals surface area contributed by atoms with E-state index in [4.69, 9.17) is 5.11 Å². The van der Waals surface area contributed by atoms with Crippen LogP contribution in [0.1, 0.15) is 31.7 Å². The van der Waals surface area contributed by atoms with E-state index >= 15 is 0 Å². The van der Waals surface area contributed by atoms with E-state index in [9.17, 15) is 22.0 Å². The van der Waals surface area contributed by atoms with Gasteiger partial charge in [-0.3, -0.25) is 4.79 Å². The fourth-order valence-electron chi connectivity index (χ4n) is 1.84. The van der Waals surface area contributed by atoms with Crippen LogP contribution in [0.25, 0.3) is 0 Å². The molecule has 7 heteroatoms. The molecular weight excluding hydrogens is 290 g/mol. The third kappa shape index (κ3) is 3.75. The van der Waals surface area contributed by atoms with Crippen molar-refractivity contribution in [3.63, 3.8) is 0 Å². The molecule has 1 unspecified atom stereocenters. The first-order valence-corrected chi connectivity index (χ1v) is 7.55. The fraction of sp³-hybridized carbons (Fsp3) is 0.462. The summed E-state index contributed by atoms with van der Waals surface area (Å²) in [7, 11) is -4.64. The molecule has 4 nitrogen and oxygen atoms in total. The van der Waals surface area contributed by atoms with Crippen LogP contribution in [0.4, 0.5) is 8.78 Å². The van der Waals surface area contributed by atoms with Gasteiger partial charge in [0.05, 0.1) is 10.8 Å². The molecule has 112 valence electrons. The molecule has 1 rings (SSSR count). The third-order valence-electron chi connectivity index (χ3n) is 2.85. The number of carboxylic acid groups (broad SMARTS) is 1. The molecule has 0 aliphatic carbocycles. The number of rotatable bonds is 6. The van der Waals surface area contributed by atoms with Crippen LogP contribution >= 0.6 is 0 Å². The molecule has 0 aliphatic rings. The Morgan fingerprint density at radius 3 is 2.05 bits per heavy atom. The summed E-state index contributed by atoms with van der Waals surface area (Å²) < 4.78 is 47.3. The van der Waals surface area contributed by atoms with Gasteiger partial charge in [-0.05, 0) is 30.0 Å². The minimum atomic E-state index is -4.64. The van der Waals surface area contributed by atoms with Crippen molar-refractivity contribution in [1.82, 2.24) is 0 Å². The highest BCUT2D eigenvalue weighted by Gasteiger charge is 2.27. The van der Waals surface area contributed by atoms with Crippen LogP contribution in [0.5, 0.6) is 0 Å². The van der Waals surface area contributed by atoms with Crippen molar-refractivity contribution in [3.05, 3.63) is 29.8 Å². The van der Waals surface area contributed by atoms with Crippen molar-refractivity contribution in [2.45, 2.75) is 36.8 Å². The summed E-state index contributed by atoms with van der Waals surface area (Å²) in [5.41, 5.74) is 0.402. The lowest BCUT2D eigenvalue weighted by molar-refractivity contribution is -0.139. The minimum Gasteiger partial charge on any atom is -0.481 e. The Hall–Kier alpha value is -1.50. The highest BCUT2D eigenvalue weighted by atomic mass is 32.2. The first-order chi connectivity index (χ1) is 9.16. The Morgan fingerprint density at radius 1 is 1.20 bits per heavy atom. The second-order valence-corrected chi connectivity index (χ2v) is 6.81. The van der Waals surface area contributed by atoms with Crippen molar-refractivity contribution < 1.29 is 27.1 Å². The van der Waals surface area contributed by atoms with Crippen LogP contribution in [0, 0.1) is 5.92 Å². The summed E-state index contributed by atoms with van der Waals surface area (Å²) in [5, 5.41) is 9.15. The Kier molecular flexibility index (Phi) is 5.21. The zero-order valence-corrected chi connectivity index (χ0v) is 11.9. The average molecular weight is 306 g/mol. The molecule has 0 radical (unpaired) electrons. The highest BCUT2D eigenvalue weighted by molar-refractivity contribution is 7.91. The minimum absolute atomic E-state index is 0.139. The number of alkyl halides is 2. The molecule has 0 fully saturated rings. The predicted molar refractivity (Wildman–Crippen MR) is 69.5 cm³/mol. The normalized spacial score (nSPS) is 13.7. The van der Waals surface area contributed by atoms with E-state index < -0.39 is 32.4 Å². The maximum atomic E-state index is 12.4. The van der Waals surface area contributed by atoms with Crippen LogP contribution in [-0.4, -0.2) is 25.3 Å². The average Bonchev–Trinajstić information content (AvgIpc) is 2.35. The summed E-state index contributed by atoms with van der Waals surface area (Å²) in [4.78, 5) is 10.7. The lowest BCUT2D eigenvalue weighted by Crippen LogP contribution is -2.15. The van der Waals surface area contributed by atoms with E-state index in [1.807, 2.05) is 13.8 Å². The summed E-state index contributed by atoms with van der Waals surface area (Å²) in [6, 6.07) is 4.59. The van der Waals surface area contributed by atoms with Crippen molar-refractivity contribution in [2.75, 3.05) is 0 Å². The monoisotopic (exact) mass is 306 g/mol. The number of hydrogen-bond donors (Lipinski definition) is 1. The van der Waals surface area contributed by atoms with E-state index in [2.05, 4.69) is 0 Å². The molecule has 0 heterocycles. The van der Waals surface area contributed by atoms with Crippen molar-refractivity contribution >= 4 is 15.8 Å². The van der Waals surface area contributed by atoms with E-state index in [0.717, 1.165) is 12.1 Å². The van der Waals surface area contributed by atoms with Gasteiger partial charge in [0.25, 0.3) is 0 Å². The third-order valence-corrected chi connectivity index (χ3v) is 4.25. The molecule has 0 spiro atoms. The number of benzene rings is 1. The Bertz CT molecular complexity index is 565. The van der Waals surface area contributed by atoms with Gasteiger partial charge in [0.1, 0.15) is 0 Å². The van der Waals surface area contributed by atoms with Gasteiger partial charge in [0.15, 0.2) is 0 Å². The van der Waals surface area contributed by atoms with Crippen LogP contribution in [0.15, 0.2) is 29.2 Å². The first-order valence-electron chi connectivity index (χ1n) is 6.01. The summed E-state index contributed by atoms with van der Waals surface area (Å²) >= 11 is 0. The number of halogens is 2. The van der Waals surface area contributed by atoms with Crippen LogP contribution < -0.4 is 0 Å². The lowest BCUT2D eigenvalue weighted by Gasteiger charge is -2.15. The van der Waals surface area contributed by atoms with Gasteiger partial charge in [0, 0.05) is 0 Å². The molecule has 1 N–H and O–H groups in total. The summed E-state index contributed by atoms with van der Waals surface area (Å²) in [6.45, 7) is 3.73.